The van der Waals surface area contributed by atoms with Gasteiger partial charge in [-0.05, 0) is 13.3 Å². The van der Waals surface area contributed by atoms with Crippen LogP contribution >= 0.6 is 0 Å². The van der Waals surface area contributed by atoms with Gasteiger partial charge >= 0.3 is 35.5 Å². The summed E-state index contributed by atoms with van der Waals surface area (Å²) in [6, 6.07) is 0. The molecule has 0 spiro atoms. The molecule has 0 aliphatic carbocycles. The quantitative estimate of drug-likeness (QED) is 0.340. The summed E-state index contributed by atoms with van der Waals surface area (Å²) >= 11 is 0. The summed E-state index contributed by atoms with van der Waals surface area (Å²) in [5, 5.41) is 0. The third kappa shape index (κ3) is 6.33. The summed E-state index contributed by atoms with van der Waals surface area (Å²) in [6.45, 7) is 7.51. The van der Waals surface area contributed by atoms with Crippen molar-refractivity contribution in [3.63, 3.8) is 0 Å². The summed E-state index contributed by atoms with van der Waals surface area (Å²) in [4.78, 5) is 10.6. The Balaban J connectivity index is 0. The van der Waals surface area contributed by atoms with E-state index in [1.807, 2.05) is 6.92 Å². The van der Waals surface area contributed by atoms with Crippen molar-refractivity contribution in [2.75, 3.05) is 6.61 Å². The first-order valence-electron chi connectivity index (χ1n) is 3.01. The normalized spacial score (nSPS) is 7.80. The Morgan fingerprint density at radius 2 is 2.10 bits per heavy atom. The number of hydrogen-bond donors (Lipinski definition) is 0. The molecule has 10 heavy (non-hydrogen) atoms. The van der Waals surface area contributed by atoms with Crippen molar-refractivity contribution >= 4 is 35.5 Å². The van der Waals surface area contributed by atoms with Gasteiger partial charge in [0.1, 0.15) is 0 Å². The van der Waals surface area contributed by atoms with Crippen molar-refractivity contribution in [2.45, 2.75) is 20.3 Å². The van der Waals surface area contributed by atoms with Crippen molar-refractivity contribution in [1.82, 2.24) is 0 Å². The summed E-state index contributed by atoms with van der Waals surface area (Å²) in [7, 11) is 0. The molecular formula is C7H13NaO2. The van der Waals surface area contributed by atoms with Gasteiger partial charge in [0, 0.05) is 5.57 Å². The van der Waals surface area contributed by atoms with Crippen LogP contribution in [0.3, 0.4) is 0 Å². The third-order valence-corrected chi connectivity index (χ3v) is 0.786. The Kier molecular flexibility index (Phi) is 9.40. The molecular weight excluding hydrogens is 139 g/mol. The Labute approximate surface area is 83.9 Å². The average molecular weight is 152 g/mol. The molecule has 0 atom stereocenters. The van der Waals surface area contributed by atoms with E-state index in [0.717, 1.165) is 6.42 Å². The second kappa shape index (κ2) is 7.32. The number of carbonyl (C=O) groups excluding carboxylic acids is 1. The first-order chi connectivity index (χ1) is 4.18. The summed E-state index contributed by atoms with van der Waals surface area (Å²) in [5.41, 5.74) is 0.462. The molecule has 0 rings (SSSR count). The molecule has 0 aromatic heterocycles. The molecule has 0 aromatic carbocycles. The van der Waals surface area contributed by atoms with Gasteiger partial charge in [-0.3, -0.25) is 0 Å². The standard InChI is InChI=1S/C7H12O2.Na.H/c1-4-5-9-7(8)6(2)3;;/h2,4-5H2,1,3H3;;. The Bertz CT molecular complexity index is 121. The van der Waals surface area contributed by atoms with Crippen molar-refractivity contribution in [2.24, 2.45) is 0 Å². The topological polar surface area (TPSA) is 26.3 Å². The number of rotatable bonds is 3. The Morgan fingerprint density at radius 3 is 2.40 bits per heavy atom. The second-order valence-electron chi connectivity index (χ2n) is 1.92. The van der Waals surface area contributed by atoms with Crippen LogP contribution in [0.5, 0.6) is 0 Å². The van der Waals surface area contributed by atoms with Gasteiger partial charge in [-0.1, -0.05) is 13.5 Å². The second-order valence-corrected chi connectivity index (χ2v) is 1.92. The Hall–Kier alpha value is 0.210. The zero-order chi connectivity index (χ0) is 7.28. The van der Waals surface area contributed by atoms with Gasteiger partial charge in [0.2, 0.25) is 0 Å². The molecule has 0 unspecified atom stereocenters. The van der Waals surface area contributed by atoms with Crippen LogP contribution in [-0.4, -0.2) is 42.1 Å². The molecule has 0 fully saturated rings. The predicted octanol–water partition coefficient (Wildman–Crippen LogP) is 0.867. The zero-order valence-corrected chi connectivity index (χ0v) is 5.94. The van der Waals surface area contributed by atoms with E-state index >= 15 is 0 Å². The van der Waals surface area contributed by atoms with E-state index in [0.29, 0.717) is 12.2 Å². The SMILES string of the molecule is C=C(C)C(=O)OCCC.[NaH]. The fourth-order valence-corrected chi connectivity index (χ4v) is 0.318. The molecule has 54 valence electrons. The van der Waals surface area contributed by atoms with Gasteiger partial charge in [0.15, 0.2) is 0 Å². The van der Waals surface area contributed by atoms with Crippen LogP contribution < -0.4 is 0 Å². The molecule has 0 saturated carbocycles. The average Bonchev–Trinajstić information content (AvgIpc) is 1.82. The van der Waals surface area contributed by atoms with Crippen LogP contribution in [0, 0.1) is 0 Å². The molecule has 0 bridgehead atoms. The summed E-state index contributed by atoms with van der Waals surface area (Å²) in [5.74, 6) is -0.295. The van der Waals surface area contributed by atoms with Crippen LogP contribution in [0.15, 0.2) is 12.2 Å². The molecule has 0 radical (unpaired) electrons. The zero-order valence-electron chi connectivity index (χ0n) is 5.94. The van der Waals surface area contributed by atoms with E-state index < -0.39 is 0 Å². The summed E-state index contributed by atoms with van der Waals surface area (Å²) in [6.07, 6.45) is 0.860. The van der Waals surface area contributed by atoms with Gasteiger partial charge in [-0.2, -0.15) is 0 Å². The van der Waals surface area contributed by atoms with E-state index in [4.69, 9.17) is 4.74 Å². The van der Waals surface area contributed by atoms with E-state index in [9.17, 15) is 4.79 Å². The fourth-order valence-electron chi connectivity index (χ4n) is 0.318. The minimum absolute atomic E-state index is 0. The maximum atomic E-state index is 10.6. The summed E-state index contributed by atoms with van der Waals surface area (Å²) < 4.78 is 4.71. The molecule has 0 N–H and O–H groups in total. The van der Waals surface area contributed by atoms with Crippen LogP contribution in [0.2, 0.25) is 0 Å². The van der Waals surface area contributed by atoms with Crippen LogP contribution in [0.25, 0.3) is 0 Å². The number of hydrogen-bond acceptors (Lipinski definition) is 2. The maximum absolute atomic E-state index is 10.6. The molecule has 0 aromatic rings. The minimum atomic E-state index is -0.295. The molecule has 3 heteroatoms. The monoisotopic (exact) mass is 152 g/mol. The van der Waals surface area contributed by atoms with Gasteiger partial charge in [0.25, 0.3) is 0 Å². The molecule has 0 aliphatic rings. The van der Waals surface area contributed by atoms with Gasteiger partial charge in [-0.15, -0.1) is 0 Å². The predicted molar refractivity (Wildman–Crippen MR) is 43.2 cm³/mol. The molecule has 0 saturated heterocycles. The van der Waals surface area contributed by atoms with E-state index in [-0.39, 0.29) is 35.5 Å². The number of esters is 1. The van der Waals surface area contributed by atoms with Crippen molar-refractivity contribution < 1.29 is 9.53 Å². The van der Waals surface area contributed by atoms with E-state index in [1.165, 1.54) is 0 Å². The first-order valence-corrected chi connectivity index (χ1v) is 3.01. The van der Waals surface area contributed by atoms with Crippen molar-refractivity contribution in [3.8, 4) is 0 Å². The third-order valence-electron chi connectivity index (χ3n) is 0.786. The van der Waals surface area contributed by atoms with E-state index in [2.05, 4.69) is 6.58 Å². The molecule has 2 nitrogen and oxygen atoms in total. The van der Waals surface area contributed by atoms with Crippen molar-refractivity contribution in [3.05, 3.63) is 12.2 Å². The Morgan fingerprint density at radius 1 is 1.60 bits per heavy atom. The van der Waals surface area contributed by atoms with Crippen LogP contribution in [0.4, 0.5) is 0 Å². The molecule has 0 heterocycles. The van der Waals surface area contributed by atoms with Gasteiger partial charge in [0.05, 0.1) is 6.61 Å². The number of ether oxygens (including phenoxy) is 1. The van der Waals surface area contributed by atoms with Gasteiger partial charge < -0.3 is 4.74 Å². The first kappa shape index (κ1) is 12.8. The van der Waals surface area contributed by atoms with Crippen LogP contribution in [-0.2, 0) is 9.53 Å². The fraction of sp³-hybridized carbons (Fsp3) is 0.571. The molecule has 0 amide bonds. The van der Waals surface area contributed by atoms with Crippen molar-refractivity contribution in [1.29, 1.82) is 0 Å². The van der Waals surface area contributed by atoms with Crippen LogP contribution in [0.1, 0.15) is 20.3 Å². The molecule has 0 aliphatic heterocycles. The number of carbonyl (C=O) groups is 1. The van der Waals surface area contributed by atoms with Gasteiger partial charge in [-0.25, -0.2) is 4.79 Å². The van der Waals surface area contributed by atoms with E-state index in [1.54, 1.807) is 6.92 Å².